The second kappa shape index (κ2) is 6.67. The molecule has 2 rings (SSSR count). The second-order valence-electron chi connectivity index (χ2n) is 4.05. The van der Waals surface area contributed by atoms with Crippen molar-refractivity contribution in [3.63, 3.8) is 0 Å². The van der Waals surface area contributed by atoms with Gasteiger partial charge >= 0.3 is 0 Å². The largest absolute Gasteiger partial charge is 0.478 e. The molecule has 0 amide bonds. The van der Waals surface area contributed by atoms with E-state index in [9.17, 15) is 0 Å². The summed E-state index contributed by atoms with van der Waals surface area (Å²) in [4.78, 5) is 12.4. The van der Waals surface area contributed by atoms with E-state index in [-0.39, 0.29) is 0 Å². The Morgan fingerprint density at radius 3 is 2.89 bits per heavy atom. The fourth-order valence-corrected chi connectivity index (χ4v) is 1.71. The van der Waals surface area contributed by atoms with E-state index in [2.05, 4.69) is 30.5 Å². The quantitative estimate of drug-likeness (QED) is 0.732. The number of anilines is 1. The van der Waals surface area contributed by atoms with Gasteiger partial charge in [0.05, 0.1) is 12.2 Å². The average molecular weight is 262 g/mol. The fourth-order valence-electron chi connectivity index (χ4n) is 1.71. The van der Waals surface area contributed by atoms with E-state index in [4.69, 9.17) is 4.74 Å². The van der Waals surface area contributed by atoms with E-state index in [1.165, 1.54) is 12.7 Å². The molecule has 2 N–H and O–H groups in total. The van der Waals surface area contributed by atoms with Gasteiger partial charge in [-0.3, -0.25) is 5.10 Å². The number of H-pyrrole nitrogens is 1. The third-order valence-corrected chi connectivity index (χ3v) is 2.67. The van der Waals surface area contributed by atoms with E-state index in [1.54, 1.807) is 0 Å². The van der Waals surface area contributed by atoms with E-state index >= 15 is 0 Å². The number of aryl methyl sites for hydroxylation is 1. The predicted octanol–water partition coefficient (Wildman–Crippen LogP) is 1.35. The lowest BCUT2D eigenvalue weighted by molar-refractivity contribution is 0.324. The summed E-state index contributed by atoms with van der Waals surface area (Å²) in [6, 6.07) is 0. The van der Waals surface area contributed by atoms with Crippen LogP contribution in [0.4, 0.5) is 5.82 Å². The molecule has 0 spiro atoms. The predicted molar refractivity (Wildman–Crippen MR) is 71.1 cm³/mol. The smallest absolute Gasteiger partial charge is 0.221 e. The number of rotatable bonds is 7. The summed E-state index contributed by atoms with van der Waals surface area (Å²) in [5.41, 5.74) is 0.934. The standard InChI is InChI=1S/C12H18N6O/c1-3-19-12-9(2)11(15-7-16-12)13-6-4-5-10-14-8-17-18-10/h7-8H,3-6H2,1-2H3,(H,13,15,16)(H,14,17,18). The summed E-state index contributed by atoms with van der Waals surface area (Å²) in [7, 11) is 0. The van der Waals surface area contributed by atoms with Crippen molar-refractivity contribution in [2.24, 2.45) is 0 Å². The molecular weight excluding hydrogens is 244 g/mol. The molecule has 0 saturated heterocycles. The van der Waals surface area contributed by atoms with Crippen LogP contribution in [-0.2, 0) is 6.42 Å². The molecule has 0 saturated carbocycles. The lowest BCUT2D eigenvalue weighted by atomic mass is 10.3. The Kier molecular flexibility index (Phi) is 4.66. The number of ether oxygens (including phenoxy) is 1. The third kappa shape index (κ3) is 3.64. The van der Waals surface area contributed by atoms with Crippen molar-refractivity contribution in [1.29, 1.82) is 0 Å². The van der Waals surface area contributed by atoms with Gasteiger partial charge in [-0.15, -0.1) is 0 Å². The van der Waals surface area contributed by atoms with Crippen LogP contribution in [0.2, 0.25) is 0 Å². The number of aromatic amines is 1. The SMILES string of the molecule is CCOc1ncnc(NCCCc2ncn[nH]2)c1C. The molecule has 0 aliphatic heterocycles. The van der Waals surface area contributed by atoms with Gasteiger partial charge < -0.3 is 10.1 Å². The lowest BCUT2D eigenvalue weighted by Gasteiger charge is -2.10. The molecule has 0 aromatic carbocycles. The monoisotopic (exact) mass is 262 g/mol. The van der Waals surface area contributed by atoms with Gasteiger partial charge in [0.1, 0.15) is 24.3 Å². The molecule has 0 aliphatic carbocycles. The van der Waals surface area contributed by atoms with Crippen LogP contribution in [-0.4, -0.2) is 38.3 Å². The summed E-state index contributed by atoms with van der Waals surface area (Å²) in [5, 5.41) is 9.93. The van der Waals surface area contributed by atoms with Crippen molar-refractivity contribution in [2.45, 2.75) is 26.7 Å². The Balaban J connectivity index is 1.83. The molecule has 2 heterocycles. The molecule has 2 aromatic rings. The van der Waals surface area contributed by atoms with Crippen molar-refractivity contribution in [1.82, 2.24) is 25.1 Å². The number of nitrogens with one attached hydrogen (secondary N) is 2. The first-order valence-corrected chi connectivity index (χ1v) is 6.33. The molecule has 19 heavy (non-hydrogen) atoms. The number of hydrogen-bond acceptors (Lipinski definition) is 6. The maximum absolute atomic E-state index is 5.43. The molecule has 0 atom stereocenters. The molecule has 2 aromatic heterocycles. The number of aromatic nitrogens is 5. The Bertz CT molecular complexity index is 499. The summed E-state index contributed by atoms with van der Waals surface area (Å²) in [5.74, 6) is 2.35. The highest BCUT2D eigenvalue weighted by atomic mass is 16.5. The molecule has 0 aliphatic rings. The highest BCUT2D eigenvalue weighted by Gasteiger charge is 2.07. The van der Waals surface area contributed by atoms with Crippen LogP contribution in [0.1, 0.15) is 24.7 Å². The molecule has 0 fully saturated rings. The summed E-state index contributed by atoms with van der Waals surface area (Å²) in [6.07, 6.45) is 4.83. The fraction of sp³-hybridized carbons (Fsp3) is 0.500. The first kappa shape index (κ1) is 13.3. The van der Waals surface area contributed by atoms with E-state index in [1.807, 2.05) is 13.8 Å². The molecule has 0 unspecified atom stereocenters. The van der Waals surface area contributed by atoms with Gasteiger partial charge in [0.25, 0.3) is 0 Å². The van der Waals surface area contributed by atoms with Crippen LogP contribution in [0.5, 0.6) is 5.88 Å². The Morgan fingerprint density at radius 1 is 1.26 bits per heavy atom. The normalized spacial score (nSPS) is 10.4. The molecule has 0 bridgehead atoms. The van der Waals surface area contributed by atoms with Crippen LogP contribution in [0.3, 0.4) is 0 Å². The summed E-state index contributed by atoms with van der Waals surface area (Å²) < 4.78 is 5.43. The van der Waals surface area contributed by atoms with Gasteiger partial charge in [-0.1, -0.05) is 0 Å². The first-order chi connectivity index (χ1) is 9.31. The van der Waals surface area contributed by atoms with Gasteiger partial charge in [-0.2, -0.15) is 5.10 Å². The number of hydrogen-bond donors (Lipinski definition) is 2. The average Bonchev–Trinajstić information content (AvgIpc) is 2.92. The summed E-state index contributed by atoms with van der Waals surface area (Å²) >= 11 is 0. The van der Waals surface area contributed by atoms with E-state index < -0.39 is 0 Å². The zero-order valence-electron chi connectivity index (χ0n) is 11.2. The van der Waals surface area contributed by atoms with Gasteiger partial charge in [0.2, 0.25) is 5.88 Å². The maximum atomic E-state index is 5.43. The molecule has 102 valence electrons. The minimum Gasteiger partial charge on any atom is -0.478 e. The van der Waals surface area contributed by atoms with E-state index in [0.29, 0.717) is 12.5 Å². The van der Waals surface area contributed by atoms with Crippen molar-refractivity contribution in [3.8, 4) is 5.88 Å². The highest BCUT2D eigenvalue weighted by molar-refractivity contribution is 5.47. The van der Waals surface area contributed by atoms with Gasteiger partial charge in [0, 0.05) is 13.0 Å². The topological polar surface area (TPSA) is 88.6 Å². The van der Waals surface area contributed by atoms with E-state index in [0.717, 1.165) is 36.6 Å². The van der Waals surface area contributed by atoms with Crippen LogP contribution in [0.15, 0.2) is 12.7 Å². The zero-order valence-corrected chi connectivity index (χ0v) is 11.2. The van der Waals surface area contributed by atoms with Crippen LogP contribution < -0.4 is 10.1 Å². The zero-order chi connectivity index (χ0) is 13.5. The van der Waals surface area contributed by atoms with Gasteiger partial charge in [-0.05, 0) is 20.3 Å². The van der Waals surface area contributed by atoms with Crippen LogP contribution in [0.25, 0.3) is 0 Å². The molecule has 7 nitrogen and oxygen atoms in total. The van der Waals surface area contributed by atoms with Gasteiger partial charge in [-0.25, -0.2) is 15.0 Å². The van der Waals surface area contributed by atoms with Gasteiger partial charge in [0.15, 0.2) is 0 Å². The minimum atomic E-state index is 0.600. The van der Waals surface area contributed by atoms with Crippen LogP contribution in [0, 0.1) is 6.92 Å². The maximum Gasteiger partial charge on any atom is 0.221 e. The van der Waals surface area contributed by atoms with Crippen molar-refractivity contribution >= 4 is 5.82 Å². The lowest BCUT2D eigenvalue weighted by Crippen LogP contribution is -2.08. The summed E-state index contributed by atoms with van der Waals surface area (Å²) in [6.45, 7) is 5.29. The van der Waals surface area contributed by atoms with Crippen LogP contribution >= 0.6 is 0 Å². The number of nitrogens with zero attached hydrogens (tertiary/aromatic N) is 4. The Morgan fingerprint density at radius 2 is 2.16 bits per heavy atom. The first-order valence-electron chi connectivity index (χ1n) is 6.33. The molecular formula is C12H18N6O. The van der Waals surface area contributed by atoms with Crippen molar-refractivity contribution in [2.75, 3.05) is 18.5 Å². The highest BCUT2D eigenvalue weighted by Crippen LogP contribution is 2.20. The third-order valence-electron chi connectivity index (χ3n) is 2.67. The van der Waals surface area contributed by atoms with Crippen molar-refractivity contribution < 1.29 is 4.74 Å². The minimum absolute atomic E-state index is 0.600. The Hall–Kier alpha value is -2.18. The molecule has 0 radical (unpaired) electrons. The second-order valence-corrected chi connectivity index (χ2v) is 4.05. The molecule has 7 heteroatoms. The Labute approximate surface area is 111 Å². The van der Waals surface area contributed by atoms with Crippen molar-refractivity contribution in [3.05, 3.63) is 24.0 Å².